The summed E-state index contributed by atoms with van der Waals surface area (Å²) in [6.45, 7) is 2.51. The second-order valence-corrected chi connectivity index (χ2v) is 4.85. The zero-order chi connectivity index (χ0) is 15.4. The summed E-state index contributed by atoms with van der Waals surface area (Å²) >= 11 is 0. The Morgan fingerprint density at radius 3 is 2.55 bits per heavy atom. The SMILES string of the molecule is CCOC(=O)n1c(OCc2ccccc2)cc2ccccc21. The number of rotatable bonds is 4. The number of aromatic nitrogens is 1. The lowest BCUT2D eigenvalue weighted by molar-refractivity contribution is 0.150. The summed E-state index contributed by atoms with van der Waals surface area (Å²) in [6.07, 6.45) is -0.424. The van der Waals surface area contributed by atoms with Crippen molar-refractivity contribution in [2.24, 2.45) is 0 Å². The normalized spacial score (nSPS) is 10.6. The largest absolute Gasteiger partial charge is 0.474 e. The number of para-hydroxylation sites is 1. The van der Waals surface area contributed by atoms with Gasteiger partial charge in [0.1, 0.15) is 6.61 Å². The average molecular weight is 295 g/mol. The van der Waals surface area contributed by atoms with E-state index in [0.29, 0.717) is 19.1 Å². The van der Waals surface area contributed by atoms with Crippen LogP contribution in [0.15, 0.2) is 60.7 Å². The van der Waals surface area contributed by atoms with E-state index in [9.17, 15) is 4.79 Å². The van der Waals surface area contributed by atoms with Gasteiger partial charge in [-0.1, -0.05) is 48.5 Å². The minimum atomic E-state index is -0.424. The van der Waals surface area contributed by atoms with Gasteiger partial charge in [-0.3, -0.25) is 0 Å². The highest BCUT2D eigenvalue weighted by atomic mass is 16.6. The molecule has 0 saturated carbocycles. The molecule has 2 aromatic carbocycles. The van der Waals surface area contributed by atoms with Gasteiger partial charge in [-0.25, -0.2) is 9.36 Å². The predicted molar refractivity (Wildman–Crippen MR) is 85.1 cm³/mol. The maximum Gasteiger partial charge on any atom is 0.421 e. The molecular weight excluding hydrogens is 278 g/mol. The van der Waals surface area contributed by atoms with E-state index < -0.39 is 6.09 Å². The summed E-state index contributed by atoms with van der Waals surface area (Å²) in [5.41, 5.74) is 1.83. The van der Waals surface area contributed by atoms with Gasteiger partial charge in [-0.15, -0.1) is 0 Å². The lowest BCUT2D eigenvalue weighted by atomic mass is 10.2. The van der Waals surface area contributed by atoms with Crippen molar-refractivity contribution in [3.63, 3.8) is 0 Å². The molecule has 0 saturated heterocycles. The van der Waals surface area contributed by atoms with Crippen molar-refractivity contribution in [1.82, 2.24) is 4.57 Å². The van der Waals surface area contributed by atoms with Crippen molar-refractivity contribution in [2.75, 3.05) is 6.61 Å². The van der Waals surface area contributed by atoms with E-state index in [1.165, 1.54) is 4.57 Å². The van der Waals surface area contributed by atoms with Crippen LogP contribution in [0.3, 0.4) is 0 Å². The van der Waals surface area contributed by atoms with Crippen LogP contribution in [0.1, 0.15) is 12.5 Å². The molecule has 4 heteroatoms. The predicted octanol–water partition coefficient (Wildman–Crippen LogP) is 4.22. The Hall–Kier alpha value is -2.75. The molecular formula is C18H17NO3. The molecule has 3 rings (SSSR count). The van der Waals surface area contributed by atoms with Crippen molar-refractivity contribution in [3.05, 3.63) is 66.2 Å². The summed E-state index contributed by atoms with van der Waals surface area (Å²) in [7, 11) is 0. The molecule has 112 valence electrons. The first-order valence-electron chi connectivity index (χ1n) is 7.24. The summed E-state index contributed by atoms with van der Waals surface area (Å²) < 4.78 is 12.4. The molecule has 0 aliphatic rings. The van der Waals surface area contributed by atoms with Crippen LogP contribution in [0.4, 0.5) is 4.79 Å². The highest BCUT2D eigenvalue weighted by molar-refractivity contribution is 5.92. The molecule has 3 aromatic rings. The Bertz CT molecular complexity index is 777. The van der Waals surface area contributed by atoms with Crippen molar-refractivity contribution in [3.8, 4) is 5.88 Å². The maximum atomic E-state index is 12.2. The Kier molecular flexibility index (Phi) is 4.10. The molecule has 0 aliphatic heterocycles. The fourth-order valence-electron chi connectivity index (χ4n) is 2.34. The molecule has 0 spiro atoms. The molecule has 1 heterocycles. The highest BCUT2D eigenvalue weighted by Crippen LogP contribution is 2.26. The van der Waals surface area contributed by atoms with Crippen LogP contribution in [-0.4, -0.2) is 17.3 Å². The number of carbonyl (C=O) groups excluding carboxylic acids is 1. The lowest BCUT2D eigenvalue weighted by Crippen LogP contribution is -2.15. The number of ether oxygens (including phenoxy) is 2. The van der Waals surface area contributed by atoms with Crippen LogP contribution >= 0.6 is 0 Å². The Labute approximate surface area is 128 Å². The van der Waals surface area contributed by atoms with E-state index in [1.807, 2.05) is 60.7 Å². The van der Waals surface area contributed by atoms with Gasteiger partial charge in [-0.2, -0.15) is 0 Å². The van der Waals surface area contributed by atoms with Crippen LogP contribution in [0.5, 0.6) is 5.88 Å². The zero-order valence-electron chi connectivity index (χ0n) is 12.4. The van der Waals surface area contributed by atoms with Crippen LogP contribution in [0.2, 0.25) is 0 Å². The van der Waals surface area contributed by atoms with Gasteiger partial charge in [0.05, 0.1) is 12.1 Å². The third kappa shape index (κ3) is 2.81. The van der Waals surface area contributed by atoms with Crippen LogP contribution in [0.25, 0.3) is 10.9 Å². The number of fused-ring (bicyclic) bond motifs is 1. The first-order chi connectivity index (χ1) is 10.8. The quantitative estimate of drug-likeness (QED) is 0.723. The zero-order valence-corrected chi connectivity index (χ0v) is 12.4. The summed E-state index contributed by atoms with van der Waals surface area (Å²) in [5, 5.41) is 0.943. The Morgan fingerprint density at radius 1 is 1.05 bits per heavy atom. The number of hydrogen-bond donors (Lipinski definition) is 0. The minimum absolute atomic E-state index is 0.323. The first kappa shape index (κ1) is 14.2. The van der Waals surface area contributed by atoms with E-state index in [1.54, 1.807) is 6.92 Å². The Balaban J connectivity index is 1.94. The van der Waals surface area contributed by atoms with Gasteiger partial charge in [0, 0.05) is 11.5 Å². The monoisotopic (exact) mass is 295 g/mol. The van der Waals surface area contributed by atoms with E-state index in [4.69, 9.17) is 9.47 Å². The average Bonchev–Trinajstić information content (AvgIpc) is 2.92. The number of benzene rings is 2. The van der Waals surface area contributed by atoms with Crippen LogP contribution in [0, 0.1) is 0 Å². The smallest absolute Gasteiger partial charge is 0.421 e. The third-order valence-corrected chi connectivity index (χ3v) is 3.36. The number of hydrogen-bond acceptors (Lipinski definition) is 3. The fourth-order valence-corrected chi connectivity index (χ4v) is 2.34. The number of nitrogens with zero attached hydrogens (tertiary/aromatic N) is 1. The molecule has 0 unspecified atom stereocenters. The molecule has 1 aromatic heterocycles. The van der Waals surface area contributed by atoms with Gasteiger partial charge in [0.2, 0.25) is 5.88 Å². The van der Waals surface area contributed by atoms with Crippen LogP contribution < -0.4 is 4.74 Å². The molecule has 0 N–H and O–H groups in total. The molecule has 0 fully saturated rings. The summed E-state index contributed by atoms with van der Waals surface area (Å²) in [5.74, 6) is 0.489. The second-order valence-electron chi connectivity index (χ2n) is 4.85. The standard InChI is InChI=1S/C18H17NO3/c1-2-21-18(20)19-16-11-7-6-10-15(16)12-17(19)22-13-14-8-4-3-5-9-14/h3-12H,2,13H2,1H3. The van der Waals surface area contributed by atoms with Crippen LogP contribution in [-0.2, 0) is 11.3 Å². The third-order valence-electron chi connectivity index (χ3n) is 3.36. The van der Waals surface area contributed by atoms with Crippen molar-refractivity contribution < 1.29 is 14.3 Å². The molecule has 22 heavy (non-hydrogen) atoms. The molecule has 0 aliphatic carbocycles. The second kappa shape index (κ2) is 6.35. The van der Waals surface area contributed by atoms with Crippen molar-refractivity contribution in [2.45, 2.75) is 13.5 Å². The molecule has 0 amide bonds. The van der Waals surface area contributed by atoms with Gasteiger partial charge in [0.15, 0.2) is 0 Å². The molecule has 0 radical (unpaired) electrons. The van der Waals surface area contributed by atoms with Crippen molar-refractivity contribution >= 4 is 17.0 Å². The van der Waals surface area contributed by atoms with E-state index in [-0.39, 0.29) is 0 Å². The van der Waals surface area contributed by atoms with E-state index >= 15 is 0 Å². The van der Waals surface area contributed by atoms with Crippen molar-refractivity contribution in [1.29, 1.82) is 0 Å². The first-order valence-corrected chi connectivity index (χ1v) is 7.24. The van der Waals surface area contributed by atoms with Gasteiger partial charge in [-0.05, 0) is 18.6 Å². The number of carbonyl (C=O) groups is 1. The minimum Gasteiger partial charge on any atom is -0.474 e. The fraction of sp³-hybridized carbons (Fsp3) is 0.167. The topological polar surface area (TPSA) is 40.5 Å². The summed E-state index contributed by atoms with van der Waals surface area (Å²) in [4.78, 5) is 12.2. The van der Waals surface area contributed by atoms with Gasteiger partial charge in [0.25, 0.3) is 0 Å². The molecule has 0 bridgehead atoms. The van der Waals surface area contributed by atoms with E-state index in [2.05, 4.69) is 0 Å². The van der Waals surface area contributed by atoms with E-state index in [0.717, 1.165) is 16.5 Å². The van der Waals surface area contributed by atoms with Gasteiger partial charge >= 0.3 is 6.09 Å². The van der Waals surface area contributed by atoms with Gasteiger partial charge < -0.3 is 9.47 Å². The molecule has 0 atom stereocenters. The maximum absolute atomic E-state index is 12.2. The highest BCUT2D eigenvalue weighted by Gasteiger charge is 2.17. The summed E-state index contributed by atoms with van der Waals surface area (Å²) in [6, 6.07) is 19.3. The lowest BCUT2D eigenvalue weighted by Gasteiger charge is -2.10. The Morgan fingerprint density at radius 2 is 1.77 bits per heavy atom. The molecule has 4 nitrogen and oxygen atoms in total.